The van der Waals surface area contributed by atoms with Gasteiger partial charge in [-0.25, -0.2) is 4.39 Å². The van der Waals surface area contributed by atoms with Gasteiger partial charge in [-0.15, -0.1) is 0 Å². The third-order valence-electron chi connectivity index (χ3n) is 8.18. The van der Waals surface area contributed by atoms with Crippen LogP contribution in [-0.4, -0.2) is 42.5 Å². The minimum absolute atomic E-state index is 0.358. The fourth-order valence-corrected chi connectivity index (χ4v) is 8.05. The number of hydrogen-bond acceptors (Lipinski definition) is 4. The SMILES string of the molecule is CC1(C)CCN(CC2CCCC(C3CCC(C#N)C(F)C3)C2C2CCNS2)C1. The maximum Gasteiger partial charge on any atom is 0.116 e. The Bertz CT molecular complexity index is 571. The van der Waals surface area contributed by atoms with Crippen LogP contribution in [-0.2, 0) is 0 Å². The molecule has 3 nitrogen and oxygen atoms in total. The number of nitrogens with one attached hydrogen (secondary N) is 1. The average molecular weight is 408 g/mol. The van der Waals surface area contributed by atoms with E-state index in [0.29, 0.717) is 34.8 Å². The largest absolute Gasteiger partial charge is 0.302 e. The third-order valence-corrected chi connectivity index (χ3v) is 9.40. The molecule has 0 aromatic carbocycles. The second-order valence-corrected chi connectivity index (χ2v) is 11.9. The number of nitrogens with zero attached hydrogens (tertiary/aromatic N) is 2. The van der Waals surface area contributed by atoms with Gasteiger partial charge in [-0.1, -0.05) is 32.2 Å². The highest BCUT2D eigenvalue weighted by Gasteiger charge is 2.46. The average Bonchev–Trinajstić information content (AvgIpc) is 3.31. The van der Waals surface area contributed by atoms with Gasteiger partial charge in [-0.2, -0.15) is 5.26 Å². The van der Waals surface area contributed by atoms with Crippen LogP contribution in [0, 0.1) is 46.3 Å². The molecule has 7 unspecified atom stereocenters. The minimum Gasteiger partial charge on any atom is -0.302 e. The lowest BCUT2D eigenvalue weighted by Crippen LogP contribution is -2.45. The van der Waals surface area contributed by atoms with Gasteiger partial charge < -0.3 is 4.90 Å². The van der Waals surface area contributed by atoms with Crippen LogP contribution in [0.25, 0.3) is 0 Å². The van der Waals surface area contributed by atoms with Gasteiger partial charge in [0.25, 0.3) is 0 Å². The molecule has 0 amide bonds. The maximum atomic E-state index is 14.6. The number of alkyl halides is 1. The summed E-state index contributed by atoms with van der Waals surface area (Å²) < 4.78 is 18.2. The van der Waals surface area contributed by atoms with E-state index in [9.17, 15) is 9.65 Å². The molecule has 2 aliphatic heterocycles. The monoisotopic (exact) mass is 407 g/mol. The van der Waals surface area contributed by atoms with E-state index in [-0.39, 0.29) is 5.92 Å². The second-order valence-electron chi connectivity index (χ2n) is 10.7. The summed E-state index contributed by atoms with van der Waals surface area (Å²) in [5, 5.41) is 9.91. The van der Waals surface area contributed by atoms with Crippen molar-refractivity contribution in [2.45, 2.75) is 76.6 Å². The number of rotatable bonds is 4. The van der Waals surface area contributed by atoms with Gasteiger partial charge in [0.1, 0.15) is 6.17 Å². The Morgan fingerprint density at radius 2 is 2.07 bits per heavy atom. The molecular weight excluding hydrogens is 369 g/mol. The van der Waals surface area contributed by atoms with E-state index in [1.807, 2.05) is 11.9 Å². The van der Waals surface area contributed by atoms with Gasteiger partial charge in [-0.3, -0.25) is 4.72 Å². The molecule has 4 aliphatic rings. The van der Waals surface area contributed by atoms with Gasteiger partial charge in [-0.05, 0) is 80.6 Å². The van der Waals surface area contributed by atoms with Gasteiger partial charge in [0.15, 0.2) is 0 Å². The number of nitriles is 1. The van der Waals surface area contributed by atoms with E-state index in [0.717, 1.165) is 25.3 Å². The van der Waals surface area contributed by atoms with Crippen molar-refractivity contribution in [2.24, 2.45) is 35.0 Å². The molecule has 158 valence electrons. The van der Waals surface area contributed by atoms with E-state index in [1.54, 1.807) is 0 Å². The van der Waals surface area contributed by atoms with Crippen LogP contribution in [0.15, 0.2) is 0 Å². The summed E-state index contributed by atoms with van der Waals surface area (Å²) in [5.74, 6) is 2.27. The van der Waals surface area contributed by atoms with Crippen LogP contribution in [0.1, 0.15) is 65.2 Å². The summed E-state index contributed by atoms with van der Waals surface area (Å²) in [6.07, 6.45) is 8.08. The molecule has 4 rings (SSSR count). The Kier molecular flexibility index (Phi) is 6.60. The lowest BCUT2D eigenvalue weighted by atomic mass is 9.61. The molecule has 0 radical (unpaired) electrons. The Morgan fingerprint density at radius 1 is 1.21 bits per heavy atom. The molecule has 0 spiro atoms. The van der Waals surface area contributed by atoms with Crippen molar-refractivity contribution in [3.63, 3.8) is 0 Å². The third kappa shape index (κ3) is 4.55. The lowest BCUT2D eigenvalue weighted by Gasteiger charge is -2.47. The van der Waals surface area contributed by atoms with Gasteiger partial charge >= 0.3 is 0 Å². The van der Waals surface area contributed by atoms with E-state index in [1.165, 1.54) is 51.7 Å². The highest BCUT2D eigenvalue weighted by Crippen LogP contribution is 2.50. The van der Waals surface area contributed by atoms with Crippen molar-refractivity contribution in [1.82, 2.24) is 9.62 Å². The minimum atomic E-state index is -0.904. The summed E-state index contributed by atoms with van der Waals surface area (Å²) in [5.41, 5.74) is 0.463. The molecule has 7 atom stereocenters. The first-order valence-electron chi connectivity index (χ1n) is 11.6. The van der Waals surface area contributed by atoms with E-state index in [4.69, 9.17) is 0 Å². The molecule has 2 saturated heterocycles. The van der Waals surface area contributed by atoms with Crippen LogP contribution >= 0.6 is 11.9 Å². The van der Waals surface area contributed by atoms with Crippen molar-refractivity contribution < 1.29 is 4.39 Å². The first-order chi connectivity index (χ1) is 13.5. The molecule has 2 saturated carbocycles. The molecule has 4 fully saturated rings. The number of likely N-dealkylation sites (tertiary alicyclic amines) is 1. The molecule has 5 heteroatoms. The van der Waals surface area contributed by atoms with Crippen LogP contribution in [0.4, 0.5) is 4.39 Å². The molecule has 0 aromatic heterocycles. The Labute approximate surface area is 175 Å². The van der Waals surface area contributed by atoms with Crippen molar-refractivity contribution >= 4 is 11.9 Å². The fraction of sp³-hybridized carbons (Fsp3) is 0.957. The standard InChI is InChI=1S/C23H38FN3S/c1-23(2)9-11-27(15-23)14-18-4-3-5-19(22(18)21-8-10-26-28-21)16-6-7-17(13-25)20(24)12-16/h16-22,26H,3-12,14-15H2,1-2H3. The summed E-state index contributed by atoms with van der Waals surface area (Å²) in [7, 11) is 0. The first-order valence-corrected chi connectivity index (χ1v) is 12.5. The topological polar surface area (TPSA) is 39.1 Å². The van der Waals surface area contributed by atoms with Crippen LogP contribution in [0.2, 0.25) is 0 Å². The predicted octanol–water partition coefficient (Wildman–Crippen LogP) is 5.04. The lowest BCUT2D eigenvalue weighted by molar-refractivity contribution is 0.0334. The molecule has 2 heterocycles. The molecule has 28 heavy (non-hydrogen) atoms. The second kappa shape index (κ2) is 8.82. The van der Waals surface area contributed by atoms with Crippen LogP contribution in [0.5, 0.6) is 0 Å². The summed E-state index contributed by atoms with van der Waals surface area (Å²) in [6, 6.07) is 2.21. The smallest absolute Gasteiger partial charge is 0.116 e. The van der Waals surface area contributed by atoms with Gasteiger partial charge in [0, 0.05) is 24.9 Å². The van der Waals surface area contributed by atoms with E-state index >= 15 is 0 Å². The zero-order chi connectivity index (χ0) is 19.7. The Morgan fingerprint density at radius 3 is 2.71 bits per heavy atom. The zero-order valence-electron chi connectivity index (χ0n) is 17.7. The van der Waals surface area contributed by atoms with Crippen molar-refractivity contribution in [2.75, 3.05) is 26.2 Å². The molecule has 0 bridgehead atoms. The first kappa shape index (κ1) is 20.9. The van der Waals surface area contributed by atoms with Gasteiger partial charge in [0.05, 0.1) is 12.0 Å². The molecule has 0 aromatic rings. The van der Waals surface area contributed by atoms with Crippen molar-refractivity contribution in [3.05, 3.63) is 0 Å². The van der Waals surface area contributed by atoms with Crippen molar-refractivity contribution in [1.29, 1.82) is 5.26 Å². The van der Waals surface area contributed by atoms with Crippen LogP contribution in [0.3, 0.4) is 0 Å². The summed E-state index contributed by atoms with van der Waals surface area (Å²) in [4.78, 5) is 2.72. The normalized spacial score (nSPS) is 44.4. The van der Waals surface area contributed by atoms with Crippen molar-refractivity contribution in [3.8, 4) is 6.07 Å². The molecular formula is C23H38FN3S. The number of halogens is 1. The quantitative estimate of drug-likeness (QED) is 0.663. The fourth-order valence-electron chi connectivity index (χ4n) is 6.78. The Balaban J connectivity index is 1.48. The molecule has 1 N–H and O–H groups in total. The highest BCUT2D eigenvalue weighted by molar-refractivity contribution is 7.98. The van der Waals surface area contributed by atoms with Crippen LogP contribution < -0.4 is 4.72 Å². The maximum absolute atomic E-state index is 14.6. The van der Waals surface area contributed by atoms with E-state index in [2.05, 4.69) is 29.5 Å². The summed E-state index contributed by atoms with van der Waals surface area (Å²) >= 11 is 1.97. The summed E-state index contributed by atoms with van der Waals surface area (Å²) in [6.45, 7) is 9.65. The predicted molar refractivity (Wildman–Crippen MR) is 114 cm³/mol. The highest BCUT2D eigenvalue weighted by atomic mass is 32.2. The zero-order valence-corrected chi connectivity index (χ0v) is 18.5. The Hall–Kier alpha value is -0.310. The van der Waals surface area contributed by atoms with E-state index < -0.39 is 6.17 Å². The number of hydrogen-bond donors (Lipinski definition) is 1. The van der Waals surface area contributed by atoms with Gasteiger partial charge in [0.2, 0.25) is 0 Å². The molecule has 2 aliphatic carbocycles.